The summed E-state index contributed by atoms with van der Waals surface area (Å²) in [6, 6.07) is 6.76. The summed E-state index contributed by atoms with van der Waals surface area (Å²) in [6.07, 6.45) is 0.595. The number of amides is 1. The molecular weight excluding hydrogens is 212 g/mol. The van der Waals surface area contributed by atoms with Crippen molar-refractivity contribution < 1.29 is 4.79 Å². The molecule has 1 aromatic rings. The molecule has 1 saturated heterocycles. The SMILES string of the molecule is Cc1ccc(C2CN(C)C(=O)CCN2)c(C)c1. The smallest absolute Gasteiger partial charge is 0.223 e. The van der Waals surface area contributed by atoms with Crippen molar-refractivity contribution in [1.82, 2.24) is 10.2 Å². The normalized spacial score (nSPS) is 21.5. The summed E-state index contributed by atoms with van der Waals surface area (Å²) in [7, 11) is 1.88. The quantitative estimate of drug-likeness (QED) is 0.800. The van der Waals surface area contributed by atoms with E-state index in [0.717, 1.165) is 13.1 Å². The lowest BCUT2D eigenvalue weighted by atomic mass is 9.99. The molecule has 1 aromatic carbocycles. The lowest BCUT2D eigenvalue weighted by molar-refractivity contribution is -0.129. The Hall–Kier alpha value is -1.35. The van der Waals surface area contributed by atoms with Gasteiger partial charge in [-0.1, -0.05) is 23.8 Å². The molecule has 1 N–H and O–H groups in total. The van der Waals surface area contributed by atoms with Crippen LogP contribution in [0.5, 0.6) is 0 Å². The average Bonchev–Trinajstić information content (AvgIpc) is 2.42. The summed E-state index contributed by atoms with van der Waals surface area (Å²) in [5, 5.41) is 3.46. The molecule has 92 valence electrons. The minimum atomic E-state index is 0.227. The highest BCUT2D eigenvalue weighted by Gasteiger charge is 2.21. The molecule has 2 rings (SSSR count). The van der Waals surface area contributed by atoms with E-state index in [9.17, 15) is 4.79 Å². The Kier molecular flexibility index (Phi) is 3.48. The number of hydrogen-bond acceptors (Lipinski definition) is 2. The van der Waals surface area contributed by atoms with Gasteiger partial charge in [0.15, 0.2) is 0 Å². The van der Waals surface area contributed by atoms with Crippen LogP contribution >= 0.6 is 0 Å². The molecule has 1 heterocycles. The van der Waals surface area contributed by atoms with Gasteiger partial charge in [0.05, 0.1) is 6.04 Å². The third kappa shape index (κ3) is 2.67. The van der Waals surface area contributed by atoms with Gasteiger partial charge in [0.25, 0.3) is 0 Å². The highest BCUT2D eigenvalue weighted by molar-refractivity contribution is 5.76. The molecule has 1 atom stereocenters. The second kappa shape index (κ2) is 4.88. The highest BCUT2D eigenvalue weighted by atomic mass is 16.2. The van der Waals surface area contributed by atoms with Gasteiger partial charge in [0.1, 0.15) is 0 Å². The van der Waals surface area contributed by atoms with Crippen molar-refractivity contribution in [2.24, 2.45) is 0 Å². The van der Waals surface area contributed by atoms with Crippen molar-refractivity contribution in [1.29, 1.82) is 0 Å². The van der Waals surface area contributed by atoms with Crippen molar-refractivity contribution in [2.45, 2.75) is 26.3 Å². The first kappa shape index (κ1) is 12.1. The van der Waals surface area contributed by atoms with Crippen molar-refractivity contribution in [3.05, 3.63) is 34.9 Å². The standard InChI is InChI=1S/C14H20N2O/c1-10-4-5-12(11(2)8-10)13-9-16(3)14(17)6-7-15-13/h4-5,8,13,15H,6-7,9H2,1-3H3. The largest absolute Gasteiger partial charge is 0.344 e. The summed E-state index contributed by atoms with van der Waals surface area (Å²) < 4.78 is 0. The Labute approximate surface area is 103 Å². The Morgan fingerprint density at radius 2 is 2.12 bits per heavy atom. The summed E-state index contributed by atoms with van der Waals surface area (Å²) >= 11 is 0. The van der Waals surface area contributed by atoms with Crippen molar-refractivity contribution >= 4 is 5.91 Å². The molecular formula is C14H20N2O. The zero-order chi connectivity index (χ0) is 12.4. The van der Waals surface area contributed by atoms with E-state index in [0.29, 0.717) is 6.42 Å². The van der Waals surface area contributed by atoms with E-state index in [1.807, 2.05) is 11.9 Å². The fourth-order valence-corrected chi connectivity index (χ4v) is 2.41. The van der Waals surface area contributed by atoms with E-state index in [2.05, 4.69) is 37.4 Å². The number of likely N-dealkylation sites (N-methyl/N-ethyl adjacent to an activating group) is 1. The summed E-state index contributed by atoms with van der Waals surface area (Å²) in [4.78, 5) is 13.4. The van der Waals surface area contributed by atoms with Gasteiger partial charge in [0, 0.05) is 26.6 Å². The van der Waals surface area contributed by atoms with Gasteiger partial charge in [-0.25, -0.2) is 0 Å². The molecule has 0 radical (unpaired) electrons. The number of nitrogens with zero attached hydrogens (tertiary/aromatic N) is 1. The molecule has 3 nitrogen and oxygen atoms in total. The number of hydrogen-bond donors (Lipinski definition) is 1. The topological polar surface area (TPSA) is 32.3 Å². The van der Waals surface area contributed by atoms with Gasteiger partial charge in [0.2, 0.25) is 5.91 Å². The molecule has 1 aliphatic rings. The van der Waals surface area contributed by atoms with Crippen LogP contribution in [0.1, 0.15) is 29.2 Å². The lowest BCUT2D eigenvalue weighted by Crippen LogP contribution is -2.31. The minimum Gasteiger partial charge on any atom is -0.344 e. The molecule has 17 heavy (non-hydrogen) atoms. The number of benzene rings is 1. The van der Waals surface area contributed by atoms with Crippen LogP contribution in [0.25, 0.3) is 0 Å². The van der Waals surface area contributed by atoms with Crippen LogP contribution in [0.4, 0.5) is 0 Å². The molecule has 1 unspecified atom stereocenters. The molecule has 0 aliphatic carbocycles. The van der Waals surface area contributed by atoms with E-state index in [4.69, 9.17) is 0 Å². The zero-order valence-corrected chi connectivity index (χ0v) is 10.8. The molecule has 0 spiro atoms. The van der Waals surface area contributed by atoms with E-state index in [1.165, 1.54) is 16.7 Å². The van der Waals surface area contributed by atoms with Crippen LogP contribution in [-0.2, 0) is 4.79 Å². The molecule has 1 fully saturated rings. The molecule has 0 bridgehead atoms. The Morgan fingerprint density at radius 1 is 1.35 bits per heavy atom. The first-order valence-corrected chi connectivity index (χ1v) is 6.12. The van der Waals surface area contributed by atoms with Gasteiger partial charge < -0.3 is 10.2 Å². The van der Waals surface area contributed by atoms with Crippen molar-refractivity contribution in [3.8, 4) is 0 Å². The van der Waals surface area contributed by atoms with Gasteiger partial charge in [-0.05, 0) is 25.0 Å². The number of nitrogens with one attached hydrogen (secondary N) is 1. The first-order valence-electron chi connectivity index (χ1n) is 6.12. The highest BCUT2D eigenvalue weighted by Crippen LogP contribution is 2.21. The van der Waals surface area contributed by atoms with Crippen LogP contribution < -0.4 is 5.32 Å². The van der Waals surface area contributed by atoms with Crippen LogP contribution in [0.2, 0.25) is 0 Å². The maximum Gasteiger partial charge on any atom is 0.223 e. The van der Waals surface area contributed by atoms with Gasteiger partial charge in [-0.15, -0.1) is 0 Å². The van der Waals surface area contributed by atoms with Crippen LogP contribution in [0.15, 0.2) is 18.2 Å². The van der Waals surface area contributed by atoms with E-state index >= 15 is 0 Å². The van der Waals surface area contributed by atoms with Crippen molar-refractivity contribution in [3.63, 3.8) is 0 Å². The fourth-order valence-electron chi connectivity index (χ4n) is 2.41. The van der Waals surface area contributed by atoms with Gasteiger partial charge >= 0.3 is 0 Å². The van der Waals surface area contributed by atoms with Gasteiger partial charge in [-0.3, -0.25) is 4.79 Å². The predicted molar refractivity (Wildman–Crippen MR) is 68.9 cm³/mol. The zero-order valence-electron chi connectivity index (χ0n) is 10.8. The third-order valence-electron chi connectivity index (χ3n) is 3.41. The molecule has 0 aromatic heterocycles. The summed E-state index contributed by atoms with van der Waals surface area (Å²) in [5.41, 5.74) is 3.88. The molecule has 0 saturated carbocycles. The Bertz CT molecular complexity index is 428. The number of rotatable bonds is 1. The number of carbonyl (C=O) groups excluding carboxylic acids is 1. The maximum atomic E-state index is 11.6. The first-order chi connectivity index (χ1) is 8.08. The second-order valence-corrected chi connectivity index (χ2v) is 4.89. The number of carbonyl (C=O) groups is 1. The minimum absolute atomic E-state index is 0.227. The lowest BCUT2D eigenvalue weighted by Gasteiger charge is -2.22. The third-order valence-corrected chi connectivity index (χ3v) is 3.41. The van der Waals surface area contributed by atoms with Crippen LogP contribution in [0.3, 0.4) is 0 Å². The monoisotopic (exact) mass is 232 g/mol. The Morgan fingerprint density at radius 3 is 2.82 bits per heavy atom. The van der Waals surface area contributed by atoms with E-state index in [-0.39, 0.29) is 11.9 Å². The number of aryl methyl sites for hydroxylation is 2. The average molecular weight is 232 g/mol. The van der Waals surface area contributed by atoms with E-state index in [1.54, 1.807) is 0 Å². The summed E-state index contributed by atoms with van der Waals surface area (Å²) in [6.45, 7) is 5.76. The van der Waals surface area contributed by atoms with Crippen LogP contribution in [0, 0.1) is 13.8 Å². The summed E-state index contributed by atoms with van der Waals surface area (Å²) in [5.74, 6) is 0.227. The molecule has 3 heteroatoms. The predicted octanol–water partition coefficient (Wildman–Crippen LogP) is 1.80. The maximum absolute atomic E-state index is 11.6. The second-order valence-electron chi connectivity index (χ2n) is 4.89. The molecule has 1 amide bonds. The fraction of sp³-hybridized carbons (Fsp3) is 0.500. The van der Waals surface area contributed by atoms with E-state index < -0.39 is 0 Å². The Balaban J connectivity index is 2.24. The molecule has 1 aliphatic heterocycles. The van der Waals surface area contributed by atoms with Crippen molar-refractivity contribution in [2.75, 3.05) is 20.1 Å². The van der Waals surface area contributed by atoms with Gasteiger partial charge in [-0.2, -0.15) is 0 Å². The van der Waals surface area contributed by atoms with Crippen LogP contribution in [-0.4, -0.2) is 30.9 Å².